The molecule has 1 atom stereocenters. The van der Waals surface area contributed by atoms with Crippen molar-refractivity contribution < 1.29 is 9.90 Å². The fourth-order valence-electron chi connectivity index (χ4n) is 2.13. The number of amides is 1. The first-order chi connectivity index (χ1) is 8.08. The molecule has 1 aromatic carbocycles. The molecule has 0 bridgehead atoms. The number of likely N-dealkylation sites (N-methyl/N-ethyl adjacent to an activating group) is 1. The average Bonchev–Trinajstić information content (AvgIpc) is 2.73. The Balaban J connectivity index is 2.14. The lowest BCUT2D eigenvalue weighted by Gasteiger charge is -2.19. The Labute approximate surface area is 101 Å². The molecule has 2 N–H and O–H groups in total. The first-order valence-electron chi connectivity index (χ1n) is 5.84. The number of carbonyl (C=O) groups is 1. The maximum Gasteiger partial charge on any atom is 0.253 e. The van der Waals surface area contributed by atoms with E-state index in [9.17, 15) is 9.90 Å². The Morgan fingerprint density at radius 1 is 1.47 bits per heavy atom. The zero-order chi connectivity index (χ0) is 12.4. The number of aliphatic hydroxyl groups excluding tert-OH is 1. The van der Waals surface area contributed by atoms with Gasteiger partial charge in [0.2, 0.25) is 0 Å². The highest BCUT2D eigenvalue weighted by molar-refractivity contribution is 5.94. The van der Waals surface area contributed by atoms with Gasteiger partial charge in [-0.15, -0.1) is 0 Å². The number of carbonyl (C=O) groups excluding carboxylic acids is 1. The Bertz CT molecular complexity index is 429. The van der Waals surface area contributed by atoms with Crippen LogP contribution in [0.3, 0.4) is 0 Å². The lowest BCUT2D eigenvalue weighted by Crippen LogP contribution is -2.33. The van der Waals surface area contributed by atoms with Gasteiger partial charge in [0, 0.05) is 32.2 Å². The van der Waals surface area contributed by atoms with Crippen LogP contribution in [0.4, 0.5) is 0 Å². The standard InChI is InChI=1S/C13H18N2O2/c1-9(16)8-15(2)13(17)10-3-4-11-6-14-7-12(11)5-10/h3-5,9,14,16H,6-8H2,1-2H3. The maximum atomic E-state index is 12.1. The second-order valence-electron chi connectivity index (χ2n) is 4.62. The Kier molecular flexibility index (Phi) is 3.45. The second kappa shape index (κ2) is 4.85. The lowest BCUT2D eigenvalue weighted by atomic mass is 10.1. The molecule has 1 unspecified atom stereocenters. The zero-order valence-electron chi connectivity index (χ0n) is 10.2. The monoisotopic (exact) mass is 234 g/mol. The van der Waals surface area contributed by atoms with E-state index in [2.05, 4.69) is 5.32 Å². The largest absolute Gasteiger partial charge is 0.392 e. The molecular weight excluding hydrogens is 216 g/mol. The quantitative estimate of drug-likeness (QED) is 0.811. The number of nitrogens with one attached hydrogen (secondary N) is 1. The van der Waals surface area contributed by atoms with Gasteiger partial charge in [-0.1, -0.05) is 6.07 Å². The van der Waals surface area contributed by atoms with Gasteiger partial charge in [-0.2, -0.15) is 0 Å². The minimum Gasteiger partial charge on any atom is -0.392 e. The fraction of sp³-hybridized carbons (Fsp3) is 0.462. The number of hydrogen-bond donors (Lipinski definition) is 2. The molecule has 4 heteroatoms. The molecule has 0 saturated carbocycles. The predicted octanol–water partition coefficient (Wildman–Crippen LogP) is 0.743. The SMILES string of the molecule is CC(O)CN(C)C(=O)c1ccc2c(c1)CNC2. The molecule has 92 valence electrons. The molecule has 0 aromatic heterocycles. The van der Waals surface area contributed by atoms with Crippen LogP contribution in [0.2, 0.25) is 0 Å². The van der Waals surface area contributed by atoms with Crippen molar-refractivity contribution in [2.75, 3.05) is 13.6 Å². The van der Waals surface area contributed by atoms with E-state index < -0.39 is 6.10 Å². The van der Waals surface area contributed by atoms with Gasteiger partial charge >= 0.3 is 0 Å². The number of nitrogens with zero attached hydrogens (tertiary/aromatic N) is 1. The van der Waals surface area contributed by atoms with Crippen LogP contribution in [0.25, 0.3) is 0 Å². The molecule has 1 aliphatic heterocycles. The molecular formula is C13H18N2O2. The van der Waals surface area contributed by atoms with E-state index in [0.717, 1.165) is 13.1 Å². The number of benzene rings is 1. The van der Waals surface area contributed by atoms with Crippen molar-refractivity contribution in [3.05, 3.63) is 34.9 Å². The summed E-state index contributed by atoms with van der Waals surface area (Å²) in [6.07, 6.45) is -0.500. The lowest BCUT2D eigenvalue weighted by molar-refractivity contribution is 0.0703. The highest BCUT2D eigenvalue weighted by Crippen LogP contribution is 2.17. The smallest absolute Gasteiger partial charge is 0.253 e. The van der Waals surface area contributed by atoms with Gasteiger partial charge in [-0.25, -0.2) is 0 Å². The van der Waals surface area contributed by atoms with Gasteiger partial charge in [0.05, 0.1) is 6.10 Å². The Morgan fingerprint density at radius 3 is 2.88 bits per heavy atom. The van der Waals surface area contributed by atoms with Crippen LogP contribution in [-0.4, -0.2) is 35.6 Å². The molecule has 1 aromatic rings. The van der Waals surface area contributed by atoms with Gasteiger partial charge in [-0.3, -0.25) is 4.79 Å². The van der Waals surface area contributed by atoms with E-state index in [4.69, 9.17) is 0 Å². The van der Waals surface area contributed by atoms with E-state index in [1.165, 1.54) is 11.1 Å². The minimum absolute atomic E-state index is 0.0411. The first kappa shape index (κ1) is 12.1. The summed E-state index contributed by atoms with van der Waals surface area (Å²) in [5.41, 5.74) is 3.15. The summed E-state index contributed by atoms with van der Waals surface area (Å²) < 4.78 is 0. The highest BCUT2D eigenvalue weighted by Gasteiger charge is 2.16. The Morgan fingerprint density at radius 2 is 2.18 bits per heavy atom. The molecule has 1 heterocycles. The minimum atomic E-state index is -0.500. The number of fused-ring (bicyclic) bond motifs is 1. The molecule has 0 fully saturated rings. The molecule has 2 rings (SSSR count). The van der Waals surface area contributed by atoms with Crippen LogP contribution in [0.1, 0.15) is 28.4 Å². The van der Waals surface area contributed by atoms with Crippen LogP contribution in [0, 0.1) is 0 Å². The van der Waals surface area contributed by atoms with Gasteiger partial charge in [0.1, 0.15) is 0 Å². The zero-order valence-corrected chi connectivity index (χ0v) is 10.2. The van der Waals surface area contributed by atoms with Gasteiger partial charge in [0.25, 0.3) is 5.91 Å². The summed E-state index contributed by atoms with van der Waals surface area (Å²) in [5, 5.41) is 12.5. The average molecular weight is 234 g/mol. The van der Waals surface area contributed by atoms with Crippen molar-refractivity contribution in [1.29, 1.82) is 0 Å². The molecule has 0 aliphatic carbocycles. The summed E-state index contributed by atoms with van der Waals surface area (Å²) in [7, 11) is 1.71. The van der Waals surface area contributed by atoms with Crippen LogP contribution in [0.15, 0.2) is 18.2 Å². The van der Waals surface area contributed by atoms with Crippen molar-refractivity contribution >= 4 is 5.91 Å². The first-order valence-corrected chi connectivity index (χ1v) is 5.84. The van der Waals surface area contributed by atoms with Crippen LogP contribution in [-0.2, 0) is 13.1 Å². The van der Waals surface area contributed by atoms with E-state index in [1.807, 2.05) is 18.2 Å². The summed E-state index contributed by atoms with van der Waals surface area (Å²) >= 11 is 0. The maximum absolute atomic E-state index is 12.1. The van der Waals surface area contributed by atoms with Crippen LogP contribution < -0.4 is 5.32 Å². The third kappa shape index (κ3) is 2.65. The van der Waals surface area contributed by atoms with Crippen LogP contribution >= 0.6 is 0 Å². The number of rotatable bonds is 3. The third-order valence-corrected chi connectivity index (χ3v) is 2.97. The predicted molar refractivity (Wildman–Crippen MR) is 65.6 cm³/mol. The Hall–Kier alpha value is -1.39. The molecule has 0 radical (unpaired) electrons. The summed E-state index contributed by atoms with van der Waals surface area (Å²) in [6, 6.07) is 5.79. The van der Waals surface area contributed by atoms with Gasteiger partial charge in [-0.05, 0) is 30.2 Å². The van der Waals surface area contributed by atoms with Crippen molar-refractivity contribution in [3.8, 4) is 0 Å². The van der Waals surface area contributed by atoms with Crippen LogP contribution in [0.5, 0.6) is 0 Å². The van der Waals surface area contributed by atoms with Crippen molar-refractivity contribution in [2.24, 2.45) is 0 Å². The number of hydrogen-bond acceptors (Lipinski definition) is 3. The summed E-state index contributed by atoms with van der Waals surface area (Å²) in [5.74, 6) is -0.0411. The van der Waals surface area contributed by atoms with Crippen molar-refractivity contribution in [1.82, 2.24) is 10.2 Å². The summed E-state index contributed by atoms with van der Waals surface area (Å²) in [6.45, 7) is 3.74. The van der Waals surface area contributed by atoms with Crippen molar-refractivity contribution in [3.63, 3.8) is 0 Å². The molecule has 0 saturated heterocycles. The van der Waals surface area contributed by atoms with E-state index >= 15 is 0 Å². The summed E-state index contributed by atoms with van der Waals surface area (Å²) in [4.78, 5) is 13.6. The third-order valence-electron chi connectivity index (χ3n) is 2.97. The number of aliphatic hydroxyl groups is 1. The molecule has 0 spiro atoms. The molecule has 1 aliphatic rings. The normalized spacial score (nSPS) is 15.5. The van der Waals surface area contributed by atoms with Gasteiger partial charge < -0.3 is 15.3 Å². The molecule has 17 heavy (non-hydrogen) atoms. The van der Waals surface area contributed by atoms with E-state index in [-0.39, 0.29) is 5.91 Å². The second-order valence-corrected chi connectivity index (χ2v) is 4.62. The van der Waals surface area contributed by atoms with Gasteiger partial charge in [0.15, 0.2) is 0 Å². The van der Waals surface area contributed by atoms with E-state index in [0.29, 0.717) is 12.1 Å². The van der Waals surface area contributed by atoms with E-state index in [1.54, 1.807) is 18.9 Å². The fourth-order valence-corrected chi connectivity index (χ4v) is 2.13. The van der Waals surface area contributed by atoms with Crippen molar-refractivity contribution in [2.45, 2.75) is 26.1 Å². The topological polar surface area (TPSA) is 52.6 Å². The molecule has 4 nitrogen and oxygen atoms in total. The molecule has 1 amide bonds. The highest BCUT2D eigenvalue weighted by atomic mass is 16.3.